The van der Waals surface area contributed by atoms with E-state index in [0.717, 1.165) is 16.5 Å². The van der Waals surface area contributed by atoms with Crippen LogP contribution in [-0.2, 0) is 6.54 Å². The van der Waals surface area contributed by atoms with E-state index < -0.39 is 0 Å². The molecule has 8 heteroatoms. The van der Waals surface area contributed by atoms with Gasteiger partial charge in [-0.15, -0.1) is 0 Å². The number of aliphatic hydroxyl groups excluding tert-OH is 1. The quantitative estimate of drug-likeness (QED) is 0.427. The lowest BCUT2D eigenvalue weighted by atomic mass is 10.1. The van der Waals surface area contributed by atoms with E-state index in [1.807, 2.05) is 57.2 Å². The van der Waals surface area contributed by atoms with Crippen molar-refractivity contribution >= 4 is 28.2 Å². The molecule has 0 bridgehead atoms. The Morgan fingerprint density at radius 3 is 2.62 bits per heavy atom. The van der Waals surface area contributed by atoms with Gasteiger partial charge in [-0.2, -0.15) is 0 Å². The molecule has 0 aliphatic carbocycles. The van der Waals surface area contributed by atoms with Crippen molar-refractivity contribution in [2.24, 2.45) is 0 Å². The van der Waals surface area contributed by atoms with Crippen molar-refractivity contribution in [3.05, 3.63) is 71.5 Å². The summed E-state index contributed by atoms with van der Waals surface area (Å²) in [6, 6.07) is 11.4. The summed E-state index contributed by atoms with van der Waals surface area (Å²) in [4.78, 5) is 26.3. The first kappa shape index (κ1) is 21.5. The van der Waals surface area contributed by atoms with E-state index in [1.165, 1.54) is 4.57 Å². The molecule has 0 atom stereocenters. The van der Waals surface area contributed by atoms with E-state index in [0.29, 0.717) is 22.8 Å². The van der Waals surface area contributed by atoms with Crippen LogP contribution in [0.15, 0.2) is 66.0 Å². The summed E-state index contributed by atoms with van der Waals surface area (Å²) in [7, 11) is 0. The zero-order valence-corrected chi connectivity index (χ0v) is 18.3. The van der Waals surface area contributed by atoms with Crippen LogP contribution in [0.5, 0.6) is 0 Å². The van der Waals surface area contributed by atoms with Crippen molar-refractivity contribution in [3.8, 4) is 11.1 Å². The van der Waals surface area contributed by atoms with Crippen molar-refractivity contribution in [1.29, 1.82) is 0 Å². The lowest BCUT2D eigenvalue weighted by Gasteiger charge is -2.23. The molecule has 8 nitrogen and oxygen atoms in total. The van der Waals surface area contributed by atoms with E-state index in [-0.39, 0.29) is 24.2 Å². The SMILES string of the molecule is CC(C)(C)Nc1nc(Nc2cc(-c3cccnc3)ccn2)cc2ccn(CCO)c(=O)c12. The van der Waals surface area contributed by atoms with E-state index in [2.05, 4.69) is 20.6 Å². The summed E-state index contributed by atoms with van der Waals surface area (Å²) in [5.74, 6) is 1.69. The molecule has 0 aliphatic heterocycles. The van der Waals surface area contributed by atoms with Crippen LogP contribution in [0.25, 0.3) is 21.9 Å². The first-order valence-electron chi connectivity index (χ1n) is 10.4. The fourth-order valence-electron chi connectivity index (χ4n) is 3.44. The number of nitrogens with zero attached hydrogens (tertiary/aromatic N) is 4. The number of anilines is 3. The van der Waals surface area contributed by atoms with E-state index in [4.69, 9.17) is 4.98 Å². The molecule has 0 saturated heterocycles. The third-order valence-electron chi connectivity index (χ3n) is 4.80. The molecular formula is C24H26N6O2. The normalized spacial score (nSPS) is 11.5. The minimum Gasteiger partial charge on any atom is -0.395 e. The van der Waals surface area contributed by atoms with E-state index in [1.54, 1.807) is 24.8 Å². The number of hydrogen-bond donors (Lipinski definition) is 3. The van der Waals surface area contributed by atoms with Gasteiger partial charge in [0.05, 0.1) is 12.0 Å². The highest BCUT2D eigenvalue weighted by atomic mass is 16.3. The summed E-state index contributed by atoms with van der Waals surface area (Å²) < 4.78 is 1.49. The van der Waals surface area contributed by atoms with Crippen LogP contribution >= 0.6 is 0 Å². The predicted molar refractivity (Wildman–Crippen MR) is 127 cm³/mol. The molecule has 0 radical (unpaired) electrons. The Kier molecular flexibility index (Phi) is 5.87. The van der Waals surface area contributed by atoms with Crippen LogP contribution in [0.2, 0.25) is 0 Å². The first-order chi connectivity index (χ1) is 15.3. The molecule has 0 amide bonds. The minimum absolute atomic E-state index is 0.112. The molecule has 164 valence electrons. The van der Waals surface area contributed by atoms with Gasteiger partial charge in [-0.25, -0.2) is 9.97 Å². The first-order valence-corrected chi connectivity index (χ1v) is 10.4. The second kappa shape index (κ2) is 8.76. The Morgan fingerprint density at radius 1 is 1.06 bits per heavy atom. The third-order valence-corrected chi connectivity index (χ3v) is 4.80. The van der Waals surface area contributed by atoms with Crippen LogP contribution in [-0.4, -0.2) is 36.8 Å². The standard InChI is InChI=1S/C24H26N6O2/c1-24(2,3)29-22-21-17(7-10-30(11-12-31)23(21)32)14-20(28-22)27-19-13-16(6-9-26-19)18-5-4-8-25-15-18/h4-10,13-15,31H,11-12H2,1-3H3,(H2,26,27,28,29). The molecule has 0 aliphatic rings. The fourth-order valence-corrected chi connectivity index (χ4v) is 3.44. The molecule has 4 heterocycles. The molecule has 32 heavy (non-hydrogen) atoms. The summed E-state index contributed by atoms with van der Waals surface area (Å²) in [6.07, 6.45) is 6.96. The molecule has 4 rings (SSSR count). The van der Waals surface area contributed by atoms with Gasteiger partial charge in [0, 0.05) is 42.4 Å². The van der Waals surface area contributed by atoms with E-state index >= 15 is 0 Å². The van der Waals surface area contributed by atoms with Crippen molar-refractivity contribution in [1.82, 2.24) is 19.5 Å². The average Bonchev–Trinajstić information content (AvgIpc) is 2.75. The third kappa shape index (κ3) is 4.76. The topological polar surface area (TPSA) is 105 Å². The zero-order valence-electron chi connectivity index (χ0n) is 18.3. The number of aromatic nitrogens is 4. The van der Waals surface area contributed by atoms with Crippen LogP contribution in [0.1, 0.15) is 20.8 Å². The van der Waals surface area contributed by atoms with Crippen LogP contribution < -0.4 is 16.2 Å². The Hall–Kier alpha value is -3.78. The maximum Gasteiger partial charge on any atom is 0.262 e. The van der Waals surface area contributed by atoms with Gasteiger partial charge in [0.2, 0.25) is 0 Å². The van der Waals surface area contributed by atoms with Gasteiger partial charge in [0.15, 0.2) is 0 Å². The van der Waals surface area contributed by atoms with Crippen molar-refractivity contribution in [2.75, 3.05) is 17.2 Å². The van der Waals surface area contributed by atoms with Crippen LogP contribution in [0.4, 0.5) is 17.5 Å². The highest BCUT2D eigenvalue weighted by Gasteiger charge is 2.17. The monoisotopic (exact) mass is 430 g/mol. The van der Waals surface area contributed by atoms with Gasteiger partial charge in [0.1, 0.15) is 17.5 Å². The number of fused-ring (bicyclic) bond motifs is 1. The Balaban J connectivity index is 1.77. The van der Waals surface area contributed by atoms with Crippen LogP contribution in [0.3, 0.4) is 0 Å². The highest BCUT2D eigenvalue weighted by molar-refractivity contribution is 5.93. The number of pyridine rings is 4. The Bertz CT molecular complexity index is 1300. The smallest absolute Gasteiger partial charge is 0.262 e. The molecule has 0 spiro atoms. The average molecular weight is 431 g/mol. The van der Waals surface area contributed by atoms with Gasteiger partial charge >= 0.3 is 0 Å². The summed E-state index contributed by atoms with van der Waals surface area (Å²) in [5, 5.41) is 17.1. The number of aliphatic hydroxyl groups is 1. The summed E-state index contributed by atoms with van der Waals surface area (Å²) >= 11 is 0. The minimum atomic E-state index is -0.304. The highest BCUT2D eigenvalue weighted by Crippen LogP contribution is 2.27. The second-order valence-corrected chi connectivity index (χ2v) is 8.53. The van der Waals surface area contributed by atoms with Crippen molar-refractivity contribution in [3.63, 3.8) is 0 Å². The molecule has 0 aromatic carbocycles. The molecule has 4 aromatic rings. The maximum atomic E-state index is 13.0. The van der Waals surface area contributed by atoms with Gasteiger partial charge < -0.3 is 20.3 Å². The predicted octanol–water partition coefficient (Wildman–Crippen LogP) is 3.80. The lowest BCUT2D eigenvalue weighted by molar-refractivity contribution is 0.274. The van der Waals surface area contributed by atoms with Crippen molar-refractivity contribution < 1.29 is 5.11 Å². The summed E-state index contributed by atoms with van der Waals surface area (Å²) in [5.41, 5.74) is 1.47. The van der Waals surface area contributed by atoms with Crippen molar-refractivity contribution in [2.45, 2.75) is 32.9 Å². The fraction of sp³-hybridized carbons (Fsp3) is 0.250. The van der Waals surface area contributed by atoms with Gasteiger partial charge in [-0.05, 0) is 62.1 Å². The largest absolute Gasteiger partial charge is 0.395 e. The van der Waals surface area contributed by atoms with E-state index in [9.17, 15) is 9.90 Å². The second-order valence-electron chi connectivity index (χ2n) is 8.53. The van der Waals surface area contributed by atoms with Gasteiger partial charge in [0.25, 0.3) is 5.56 Å². The van der Waals surface area contributed by atoms with Gasteiger partial charge in [-0.3, -0.25) is 9.78 Å². The molecular weight excluding hydrogens is 404 g/mol. The number of nitrogens with one attached hydrogen (secondary N) is 2. The van der Waals surface area contributed by atoms with Gasteiger partial charge in [-0.1, -0.05) is 6.07 Å². The zero-order chi connectivity index (χ0) is 22.7. The molecule has 4 aromatic heterocycles. The Morgan fingerprint density at radius 2 is 1.91 bits per heavy atom. The number of hydrogen-bond acceptors (Lipinski definition) is 7. The molecule has 0 fully saturated rings. The lowest BCUT2D eigenvalue weighted by Crippen LogP contribution is -2.29. The molecule has 0 saturated carbocycles. The molecule has 0 unspecified atom stereocenters. The van der Waals surface area contributed by atoms with Crippen LogP contribution in [0, 0.1) is 0 Å². The maximum absolute atomic E-state index is 13.0. The molecule has 3 N–H and O–H groups in total. The number of rotatable bonds is 6. The Labute approximate surface area is 186 Å². The summed E-state index contributed by atoms with van der Waals surface area (Å²) in [6.45, 7) is 6.15.